The summed E-state index contributed by atoms with van der Waals surface area (Å²) in [4.78, 5) is 21.8. The predicted octanol–water partition coefficient (Wildman–Crippen LogP) is 5.04. The van der Waals surface area contributed by atoms with Crippen molar-refractivity contribution in [3.8, 4) is 0 Å². The molecule has 2 aromatic rings. The van der Waals surface area contributed by atoms with Crippen molar-refractivity contribution >= 4 is 17.3 Å². The van der Waals surface area contributed by atoms with Crippen LogP contribution in [-0.2, 0) is 6.18 Å². The highest BCUT2D eigenvalue weighted by Crippen LogP contribution is 2.35. The van der Waals surface area contributed by atoms with E-state index in [-0.39, 0.29) is 11.5 Å². The molecular formula is C28H35F3N4O. The number of amides is 1. The van der Waals surface area contributed by atoms with Crippen LogP contribution < -0.4 is 9.80 Å². The smallest absolute Gasteiger partial charge is 0.371 e. The number of carbonyl (C=O) groups excluding carboxylic acids is 1. The fourth-order valence-electron chi connectivity index (χ4n) is 5.85. The summed E-state index contributed by atoms with van der Waals surface area (Å²) in [5.41, 5.74) is 2.17. The number of likely N-dealkylation sites (tertiary alicyclic amines) is 1. The van der Waals surface area contributed by atoms with Crippen LogP contribution in [0.1, 0.15) is 47.2 Å². The molecule has 0 aromatic heterocycles. The molecule has 3 aliphatic heterocycles. The number of piperazine rings is 1. The first-order chi connectivity index (χ1) is 17.3. The standard InChI is InChI=1S/C28H35F3N4O/c1-21-5-4-6-25(17-21)34-13-15-35(16-14-34)27(36)22-18-23(28(29,30)31)20-26(19-22)33-11-7-24(8-12-33)32-9-2-3-10-32/h4-6,17-20,24H,2-3,7-16H2,1H3. The number of piperidine rings is 1. The molecule has 3 fully saturated rings. The van der Waals surface area contributed by atoms with Crippen LogP contribution in [0.15, 0.2) is 42.5 Å². The van der Waals surface area contributed by atoms with Crippen molar-refractivity contribution in [2.75, 3.05) is 62.2 Å². The zero-order chi connectivity index (χ0) is 25.3. The lowest BCUT2D eigenvalue weighted by Gasteiger charge is -2.38. The molecule has 0 radical (unpaired) electrons. The van der Waals surface area contributed by atoms with E-state index in [0.717, 1.165) is 37.7 Å². The van der Waals surface area contributed by atoms with Crippen molar-refractivity contribution in [2.45, 2.75) is 44.8 Å². The van der Waals surface area contributed by atoms with E-state index in [1.807, 2.05) is 24.0 Å². The van der Waals surface area contributed by atoms with E-state index in [9.17, 15) is 18.0 Å². The number of nitrogens with zero attached hydrogens (tertiary/aromatic N) is 4. The Morgan fingerprint density at radius 3 is 2.11 bits per heavy atom. The summed E-state index contributed by atoms with van der Waals surface area (Å²) in [7, 11) is 0. The number of halogens is 3. The van der Waals surface area contributed by atoms with Gasteiger partial charge in [0.1, 0.15) is 0 Å². The lowest BCUT2D eigenvalue weighted by Crippen LogP contribution is -2.49. The van der Waals surface area contributed by atoms with Crippen LogP contribution >= 0.6 is 0 Å². The van der Waals surface area contributed by atoms with Gasteiger partial charge in [-0.05, 0) is 81.6 Å². The SMILES string of the molecule is Cc1cccc(N2CCN(C(=O)c3cc(N4CCC(N5CCCC5)CC4)cc(C(F)(F)F)c3)CC2)c1. The van der Waals surface area contributed by atoms with Crippen molar-refractivity contribution in [3.63, 3.8) is 0 Å². The van der Waals surface area contributed by atoms with E-state index in [4.69, 9.17) is 0 Å². The minimum Gasteiger partial charge on any atom is -0.371 e. The number of anilines is 2. The van der Waals surface area contributed by atoms with Gasteiger partial charge in [0.05, 0.1) is 5.56 Å². The lowest BCUT2D eigenvalue weighted by atomic mass is 10.0. The highest BCUT2D eigenvalue weighted by atomic mass is 19.4. The van der Waals surface area contributed by atoms with Crippen molar-refractivity contribution in [1.29, 1.82) is 0 Å². The number of hydrogen-bond donors (Lipinski definition) is 0. The zero-order valence-corrected chi connectivity index (χ0v) is 20.9. The van der Waals surface area contributed by atoms with Gasteiger partial charge in [-0.1, -0.05) is 12.1 Å². The summed E-state index contributed by atoms with van der Waals surface area (Å²) in [6.45, 7) is 8.02. The summed E-state index contributed by atoms with van der Waals surface area (Å²) in [5.74, 6) is -0.321. The van der Waals surface area contributed by atoms with Gasteiger partial charge in [0, 0.05) is 62.2 Å². The molecular weight excluding hydrogens is 465 g/mol. The van der Waals surface area contributed by atoms with Crippen LogP contribution in [0.5, 0.6) is 0 Å². The van der Waals surface area contributed by atoms with Crippen molar-refractivity contribution in [1.82, 2.24) is 9.80 Å². The van der Waals surface area contributed by atoms with Gasteiger partial charge in [-0.3, -0.25) is 4.79 Å². The minimum absolute atomic E-state index is 0.130. The third-order valence-electron chi connectivity index (χ3n) is 7.91. The van der Waals surface area contributed by atoms with E-state index in [1.165, 1.54) is 24.5 Å². The second-order valence-corrected chi connectivity index (χ2v) is 10.3. The Labute approximate surface area is 211 Å². The average Bonchev–Trinajstić information content (AvgIpc) is 3.43. The molecule has 0 aliphatic carbocycles. The Bertz CT molecular complexity index is 1070. The molecule has 8 heteroatoms. The van der Waals surface area contributed by atoms with Crippen LogP contribution in [0.25, 0.3) is 0 Å². The topological polar surface area (TPSA) is 30.0 Å². The van der Waals surface area contributed by atoms with E-state index < -0.39 is 11.7 Å². The number of carbonyl (C=O) groups is 1. The Hall–Kier alpha value is -2.74. The van der Waals surface area contributed by atoms with Gasteiger partial charge in [0.15, 0.2) is 0 Å². The maximum atomic E-state index is 13.8. The first-order valence-corrected chi connectivity index (χ1v) is 13.1. The van der Waals surface area contributed by atoms with E-state index in [0.29, 0.717) is 51.0 Å². The molecule has 1 amide bonds. The number of hydrogen-bond acceptors (Lipinski definition) is 4. The van der Waals surface area contributed by atoms with Gasteiger partial charge in [-0.25, -0.2) is 0 Å². The number of rotatable bonds is 4. The average molecular weight is 501 g/mol. The second kappa shape index (κ2) is 10.3. The van der Waals surface area contributed by atoms with Gasteiger partial charge >= 0.3 is 6.18 Å². The second-order valence-electron chi connectivity index (χ2n) is 10.3. The molecule has 0 unspecified atom stereocenters. The van der Waals surface area contributed by atoms with Crippen LogP contribution in [0.2, 0.25) is 0 Å². The number of aryl methyl sites for hydroxylation is 1. The summed E-state index contributed by atoms with van der Waals surface area (Å²) in [5, 5.41) is 0. The largest absolute Gasteiger partial charge is 0.416 e. The van der Waals surface area contributed by atoms with Crippen LogP contribution in [0, 0.1) is 6.92 Å². The molecule has 3 aliphatic rings. The first kappa shape index (κ1) is 24.9. The molecule has 2 aromatic carbocycles. The third-order valence-corrected chi connectivity index (χ3v) is 7.91. The van der Waals surface area contributed by atoms with Gasteiger partial charge in [0.2, 0.25) is 0 Å². The maximum Gasteiger partial charge on any atom is 0.416 e. The number of alkyl halides is 3. The van der Waals surface area contributed by atoms with Gasteiger partial charge in [-0.15, -0.1) is 0 Å². The molecule has 194 valence electrons. The van der Waals surface area contributed by atoms with Crippen LogP contribution in [0.3, 0.4) is 0 Å². The fourth-order valence-corrected chi connectivity index (χ4v) is 5.85. The molecule has 0 bridgehead atoms. The summed E-state index contributed by atoms with van der Waals surface area (Å²) >= 11 is 0. The molecule has 3 heterocycles. The normalized spacial score (nSPS) is 20.3. The van der Waals surface area contributed by atoms with Gasteiger partial charge in [-0.2, -0.15) is 13.2 Å². The van der Waals surface area contributed by atoms with Gasteiger partial charge < -0.3 is 19.6 Å². The third kappa shape index (κ3) is 5.48. The molecule has 3 saturated heterocycles. The lowest BCUT2D eigenvalue weighted by molar-refractivity contribution is -0.137. The Morgan fingerprint density at radius 2 is 1.47 bits per heavy atom. The number of benzene rings is 2. The molecule has 5 rings (SSSR count). The van der Waals surface area contributed by atoms with E-state index in [2.05, 4.69) is 21.9 Å². The minimum atomic E-state index is -4.50. The first-order valence-electron chi connectivity index (χ1n) is 13.1. The van der Waals surface area contributed by atoms with Crippen LogP contribution in [0.4, 0.5) is 24.5 Å². The monoisotopic (exact) mass is 500 g/mol. The highest BCUT2D eigenvalue weighted by molar-refractivity contribution is 5.95. The van der Waals surface area contributed by atoms with Crippen LogP contribution in [-0.4, -0.2) is 74.1 Å². The Balaban J connectivity index is 1.29. The molecule has 5 nitrogen and oxygen atoms in total. The predicted molar refractivity (Wildman–Crippen MR) is 137 cm³/mol. The molecule has 0 spiro atoms. The van der Waals surface area contributed by atoms with Crippen molar-refractivity contribution < 1.29 is 18.0 Å². The van der Waals surface area contributed by atoms with Crippen molar-refractivity contribution in [3.05, 3.63) is 59.2 Å². The summed E-state index contributed by atoms with van der Waals surface area (Å²) in [6.07, 6.45) is -0.138. The Morgan fingerprint density at radius 1 is 0.806 bits per heavy atom. The fraction of sp³-hybridized carbons (Fsp3) is 0.536. The highest BCUT2D eigenvalue weighted by Gasteiger charge is 2.34. The summed E-state index contributed by atoms with van der Waals surface area (Å²) in [6, 6.07) is 12.6. The molecule has 0 atom stereocenters. The van der Waals surface area contributed by atoms with E-state index >= 15 is 0 Å². The molecule has 0 N–H and O–H groups in total. The Kier molecular flexibility index (Phi) is 7.15. The summed E-state index contributed by atoms with van der Waals surface area (Å²) < 4.78 is 41.4. The van der Waals surface area contributed by atoms with E-state index in [1.54, 1.807) is 11.0 Å². The molecule has 0 saturated carbocycles. The maximum absolute atomic E-state index is 13.8. The van der Waals surface area contributed by atoms with Gasteiger partial charge in [0.25, 0.3) is 5.91 Å². The molecule has 36 heavy (non-hydrogen) atoms. The zero-order valence-electron chi connectivity index (χ0n) is 20.9. The van der Waals surface area contributed by atoms with Crippen molar-refractivity contribution in [2.24, 2.45) is 0 Å². The quantitative estimate of drug-likeness (QED) is 0.589.